The van der Waals surface area contributed by atoms with Gasteiger partial charge in [0.05, 0.1) is 0 Å². The van der Waals surface area contributed by atoms with Crippen molar-refractivity contribution in [3.63, 3.8) is 0 Å². The normalized spacial score (nSPS) is 10.8. The molecule has 0 aliphatic heterocycles. The van der Waals surface area contributed by atoms with E-state index in [9.17, 15) is 0 Å². The van der Waals surface area contributed by atoms with E-state index in [0.717, 1.165) is 55.8 Å². The fourth-order valence-corrected chi connectivity index (χ4v) is 6.00. The summed E-state index contributed by atoms with van der Waals surface area (Å²) in [6.45, 7) is 8.09. The summed E-state index contributed by atoms with van der Waals surface area (Å²) in [5.41, 5.74) is 8.99. The number of hydrogen-bond acceptors (Lipinski definition) is 7. The zero-order valence-corrected chi connectivity index (χ0v) is 31.7. The average Bonchev–Trinajstić information content (AvgIpc) is 3.41. The molecule has 0 radical (unpaired) electrons. The van der Waals surface area contributed by atoms with Crippen LogP contribution in [0.5, 0.6) is 23.0 Å². The van der Waals surface area contributed by atoms with Crippen molar-refractivity contribution in [2.24, 2.45) is 0 Å². The standard InChI is InChI=1S/C41H28N6O2.Pd.Pt/c1-25-15-27(3)45-37(17-25)29-7-5-9-31(19-29)48-33-11-13-35-36-14-12-34(22-40(36)47(39(35)21-33)41-43-23-42-24-44-41)49-32-10-6-8-30(20-32)38-18-26(2)16-28(4)46-38;;/h5-18,23-24H,1-4H3;;/q-4;2*+2. The van der Waals surface area contributed by atoms with Crippen LogP contribution in [0.25, 0.3) is 50.3 Å². The summed E-state index contributed by atoms with van der Waals surface area (Å²) in [5.74, 6) is 2.54. The third-order valence-corrected chi connectivity index (χ3v) is 7.94. The van der Waals surface area contributed by atoms with Gasteiger partial charge in [0.1, 0.15) is 12.7 Å². The van der Waals surface area contributed by atoms with Gasteiger partial charge in [0, 0.05) is 34.4 Å². The summed E-state index contributed by atoms with van der Waals surface area (Å²) in [4.78, 5) is 22.3. The van der Waals surface area contributed by atoms with Crippen LogP contribution in [0.15, 0.2) is 97.6 Å². The molecule has 4 aromatic heterocycles. The second-order valence-electron chi connectivity index (χ2n) is 11.8. The molecule has 10 heteroatoms. The van der Waals surface area contributed by atoms with Gasteiger partial charge >= 0.3 is 41.5 Å². The summed E-state index contributed by atoms with van der Waals surface area (Å²) >= 11 is 0. The molecule has 254 valence electrons. The van der Waals surface area contributed by atoms with Gasteiger partial charge in [0.25, 0.3) is 0 Å². The Hall–Kier alpha value is -5.06. The summed E-state index contributed by atoms with van der Waals surface area (Å²) in [6.07, 6.45) is 2.92. The van der Waals surface area contributed by atoms with Gasteiger partial charge in [0.15, 0.2) is 0 Å². The van der Waals surface area contributed by atoms with Gasteiger partial charge in [-0.3, -0.25) is 0 Å². The van der Waals surface area contributed by atoms with Crippen LogP contribution in [0.2, 0.25) is 0 Å². The van der Waals surface area contributed by atoms with Crippen LogP contribution in [0, 0.1) is 52.0 Å². The number of pyridine rings is 2. The Balaban J connectivity index is 0.00000224. The van der Waals surface area contributed by atoms with Gasteiger partial charge < -0.3 is 24.0 Å². The summed E-state index contributed by atoms with van der Waals surface area (Å²) in [5, 5.41) is 1.86. The SMILES string of the molecule is Cc1cc(C)nc(-c2[c-]c(Oc3[c-]c4c(cc3)c3ccc(Oc5[c-]c(-c6cc(C)cc(C)n6)ccc5)[c-]c3n4-c3ncncn3)ccc2)c1.[Pd+2].[Pt+2]. The first-order valence-corrected chi connectivity index (χ1v) is 15.7. The first-order valence-electron chi connectivity index (χ1n) is 15.7. The van der Waals surface area contributed by atoms with E-state index in [-0.39, 0.29) is 41.5 Å². The third-order valence-electron chi connectivity index (χ3n) is 7.94. The summed E-state index contributed by atoms with van der Waals surface area (Å²) in [6, 6.07) is 41.1. The molecule has 0 amide bonds. The molecule has 8 aromatic rings. The minimum Gasteiger partial charge on any atom is -0.503 e. The van der Waals surface area contributed by atoms with Crippen molar-refractivity contribution >= 4 is 21.8 Å². The maximum atomic E-state index is 6.31. The zero-order chi connectivity index (χ0) is 33.5. The van der Waals surface area contributed by atoms with Crippen LogP contribution < -0.4 is 9.47 Å². The van der Waals surface area contributed by atoms with Crippen LogP contribution in [0.1, 0.15) is 22.5 Å². The molecule has 8 nitrogen and oxygen atoms in total. The smallest absolute Gasteiger partial charge is 0.503 e. The Morgan fingerprint density at radius 1 is 0.549 bits per heavy atom. The van der Waals surface area contributed by atoms with Gasteiger partial charge in [-0.05, 0) is 51.2 Å². The van der Waals surface area contributed by atoms with Gasteiger partial charge in [-0.1, -0.05) is 46.4 Å². The molecule has 0 aliphatic carbocycles. The quantitative estimate of drug-likeness (QED) is 0.117. The van der Waals surface area contributed by atoms with Crippen LogP contribution in [-0.4, -0.2) is 29.5 Å². The second-order valence-corrected chi connectivity index (χ2v) is 11.8. The molecule has 0 bridgehead atoms. The molecule has 0 N–H and O–H groups in total. The number of ether oxygens (including phenoxy) is 2. The maximum absolute atomic E-state index is 6.31. The summed E-state index contributed by atoms with van der Waals surface area (Å²) < 4.78 is 14.5. The number of aromatic nitrogens is 6. The van der Waals surface area contributed by atoms with Gasteiger partial charge in [0.2, 0.25) is 5.95 Å². The van der Waals surface area contributed by atoms with Crippen molar-refractivity contribution in [3.8, 4) is 51.5 Å². The van der Waals surface area contributed by atoms with Crippen molar-refractivity contribution in [2.45, 2.75) is 27.7 Å². The molecule has 0 aliphatic rings. The van der Waals surface area contributed by atoms with Crippen molar-refractivity contribution in [2.75, 3.05) is 0 Å². The predicted molar refractivity (Wildman–Crippen MR) is 188 cm³/mol. The van der Waals surface area contributed by atoms with E-state index < -0.39 is 0 Å². The van der Waals surface area contributed by atoms with E-state index in [0.29, 0.717) is 40.0 Å². The monoisotopic (exact) mass is 937 g/mol. The van der Waals surface area contributed by atoms with E-state index >= 15 is 0 Å². The van der Waals surface area contributed by atoms with Crippen molar-refractivity contribution in [1.29, 1.82) is 0 Å². The largest absolute Gasteiger partial charge is 2.00 e. The average molecular weight is 938 g/mol. The Morgan fingerprint density at radius 2 is 1.00 bits per heavy atom. The van der Waals surface area contributed by atoms with Gasteiger partial charge in [-0.2, -0.15) is 22.9 Å². The minimum atomic E-state index is 0. The van der Waals surface area contributed by atoms with E-state index in [4.69, 9.17) is 9.47 Å². The third kappa shape index (κ3) is 7.52. The Morgan fingerprint density at radius 3 is 1.45 bits per heavy atom. The predicted octanol–water partition coefficient (Wildman–Crippen LogP) is 9.11. The maximum Gasteiger partial charge on any atom is 2.00 e. The Bertz CT molecular complexity index is 2330. The molecule has 51 heavy (non-hydrogen) atoms. The topological polar surface area (TPSA) is 87.8 Å². The molecule has 0 saturated carbocycles. The van der Waals surface area contributed by atoms with Crippen LogP contribution in [0.3, 0.4) is 0 Å². The Labute approximate surface area is 323 Å². The second kappa shape index (κ2) is 15.0. The molecular weight excluding hydrogens is 910 g/mol. The number of benzene rings is 4. The van der Waals surface area contributed by atoms with Gasteiger partial charge in [-0.25, -0.2) is 15.0 Å². The van der Waals surface area contributed by atoms with Crippen LogP contribution >= 0.6 is 0 Å². The van der Waals surface area contributed by atoms with Crippen molar-refractivity contribution in [3.05, 3.63) is 144 Å². The number of nitrogens with zero attached hydrogens (tertiary/aromatic N) is 6. The number of hydrogen-bond donors (Lipinski definition) is 0. The first kappa shape index (κ1) is 35.8. The van der Waals surface area contributed by atoms with Crippen LogP contribution in [-0.2, 0) is 41.5 Å². The van der Waals surface area contributed by atoms with E-state index in [1.54, 1.807) is 0 Å². The van der Waals surface area contributed by atoms with E-state index in [2.05, 4.69) is 63.0 Å². The zero-order valence-electron chi connectivity index (χ0n) is 27.9. The fraction of sp³-hybridized carbons (Fsp3) is 0.0976. The molecule has 0 fully saturated rings. The van der Waals surface area contributed by atoms with Crippen molar-refractivity contribution in [1.82, 2.24) is 29.5 Å². The van der Waals surface area contributed by atoms with Crippen molar-refractivity contribution < 1.29 is 51.0 Å². The van der Waals surface area contributed by atoms with Crippen LogP contribution in [0.4, 0.5) is 0 Å². The van der Waals surface area contributed by atoms with E-state index in [1.165, 1.54) is 12.7 Å². The summed E-state index contributed by atoms with van der Waals surface area (Å²) in [7, 11) is 0. The van der Waals surface area contributed by atoms with Gasteiger partial charge in [-0.15, -0.1) is 71.8 Å². The molecule has 0 spiro atoms. The molecule has 8 rings (SSSR count). The number of fused-ring (bicyclic) bond motifs is 3. The molecule has 4 heterocycles. The molecule has 0 saturated heterocycles. The number of aryl methyl sites for hydroxylation is 4. The minimum absolute atomic E-state index is 0. The molecule has 0 atom stereocenters. The molecule has 4 aromatic carbocycles. The van der Waals surface area contributed by atoms with E-state index in [1.807, 2.05) is 103 Å². The first-order chi connectivity index (χ1) is 23.9. The fourth-order valence-electron chi connectivity index (χ4n) is 6.00. The molecular formula is C41H28N6O2PdPt. The number of rotatable bonds is 7. The molecule has 0 unspecified atom stereocenters. The Kier molecular flexibility index (Phi) is 10.5.